The molecule has 4 unspecified atom stereocenters. The molecule has 1 aliphatic carbocycles. The van der Waals surface area contributed by atoms with Gasteiger partial charge in [-0.3, -0.25) is 4.79 Å². The molecule has 1 aromatic rings. The molecule has 1 saturated carbocycles. The first-order chi connectivity index (χ1) is 13.6. The SMILES string of the molecule is COc1ccc(C2=COC3C(CCC(O)C3CN3CCCC3)C2=O)cc1OC. The van der Waals surface area contributed by atoms with Crippen LogP contribution in [0.1, 0.15) is 31.2 Å². The number of Topliss-reactive ketones (excluding diaryl/α,β-unsaturated/α-hetero) is 1. The number of aliphatic hydroxyl groups is 1. The molecule has 2 fully saturated rings. The minimum atomic E-state index is -0.411. The van der Waals surface area contributed by atoms with Crippen LogP contribution in [0.3, 0.4) is 0 Å². The van der Waals surface area contributed by atoms with Crippen LogP contribution in [0.5, 0.6) is 11.5 Å². The number of ketones is 1. The third-order valence-electron chi connectivity index (χ3n) is 6.39. The summed E-state index contributed by atoms with van der Waals surface area (Å²) in [5.74, 6) is 1.08. The Morgan fingerprint density at radius 1 is 1.14 bits per heavy atom. The van der Waals surface area contributed by atoms with Crippen molar-refractivity contribution in [3.63, 3.8) is 0 Å². The number of hydrogen-bond acceptors (Lipinski definition) is 6. The molecular formula is C22H29NO5. The van der Waals surface area contributed by atoms with Crippen molar-refractivity contribution in [3.05, 3.63) is 30.0 Å². The van der Waals surface area contributed by atoms with Gasteiger partial charge in [0.1, 0.15) is 6.10 Å². The van der Waals surface area contributed by atoms with Crippen molar-refractivity contribution in [2.45, 2.75) is 37.9 Å². The fraction of sp³-hybridized carbons (Fsp3) is 0.591. The van der Waals surface area contributed by atoms with Crippen molar-refractivity contribution in [2.24, 2.45) is 11.8 Å². The van der Waals surface area contributed by atoms with E-state index in [4.69, 9.17) is 14.2 Å². The van der Waals surface area contributed by atoms with Gasteiger partial charge in [0, 0.05) is 12.5 Å². The monoisotopic (exact) mass is 387 g/mol. The molecule has 6 nitrogen and oxygen atoms in total. The van der Waals surface area contributed by atoms with E-state index in [9.17, 15) is 9.90 Å². The first-order valence-electron chi connectivity index (χ1n) is 10.1. The van der Waals surface area contributed by atoms with Gasteiger partial charge in [-0.25, -0.2) is 0 Å². The van der Waals surface area contributed by atoms with Gasteiger partial charge in [0.25, 0.3) is 0 Å². The maximum absolute atomic E-state index is 13.3. The zero-order valence-electron chi connectivity index (χ0n) is 16.6. The van der Waals surface area contributed by atoms with Crippen LogP contribution in [0, 0.1) is 11.8 Å². The zero-order chi connectivity index (χ0) is 19.7. The van der Waals surface area contributed by atoms with Gasteiger partial charge in [-0.15, -0.1) is 0 Å². The third kappa shape index (κ3) is 3.51. The van der Waals surface area contributed by atoms with E-state index in [2.05, 4.69) is 4.90 Å². The van der Waals surface area contributed by atoms with Crippen molar-refractivity contribution in [1.82, 2.24) is 4.90 Å². The molecule has 0 amide bonds. The first-order valence-corrected chi connectivity index (χ1v) is 10.1. The highest BCUT2D eigenvalue weighted by Crippen LogP contribution is 2.41. The number of hydrogen-bond donors (Lipinski definition) is 1. The second-order valence-corrected chi connectivity index (χ2v) is 7.99. The van der Waals surface area contributed by atoms with Crippen LogP contribution >= 0.6 is 0 Å². The number of ether oxygens (including phenoxy) is 3. The third-order valence-corrected chi connectivity index (χ3v) is 6.39. The summed E-state index contributed by atoms with van der Waals surface area (Å²) in [6.07, 6.45) is 4.64. The van der Waals surface area contributed by atoms with E-state index < -0.39 is 6.10 Å². The van der Waals surface area contributed by atoms with E-state index in [0.29, 0.717) is 29.9 Å². The van der Waals surface area contributed by atoms with Gasteiger partial charge in [-0.05, 0) is 56.5 Å². The maximum atomic E-state index is 13.3. The van der Waals surface area contributed by atoms with Crippen molar-refractivity contribution in [3.8, 4) is 11.5 Å². The molecule has 6 heteroatoms. The molecule has 0 spiro atoms. The van der Waals surface area contributed by atoms with Gasteiger partial charge in [-0.2, -0.15) is 0 Å². The molecular weight excluding hydrogens is 358 g/mol. The van der Waals surface area contributed by atoms with Gasteiger partial charge >= 0.3 is 0 Å². The Labute approximate surface area is 166 Å². The molecule has 152 valence electrons. The number of nitrogens with zero attached hydrogens (tertiary/aromatic N) is 1. The summed E-state index contributed by atoms with van der Waals surface area (Å²) in [6, 6.07) is 5.47. The Bertz CT molecular complexity index is 755. The fourth-order valence-corrected chi connectivity index (χ4v) is 4.83. The van der Waals surface area contributed by atoms with E-state index in [1.807, 2.05) is 12.1 Å². The predicted octanol–water partition coefficient (Wildman–Crippen LogP) is 2.50. The van der Waals surface area contributed by atoms with E-state index in [1.54, 1.807) is 26.5 Å². The lowest BCUT2D eigenvalue weighted by molar-refractivity contribution is -0.133. The summed E-state index contributed by atoms with van der Waals surface area (Å²) in [5, 5.41) is 10.6. The molecule has 2 heterocycles. The van der Waals surface area contributed by atoms with Gasteiger partial charge in [0.15, 0.2) is 17.3 Å². The average Bonchev–Trinajstić information content (AvgIpc) is 3.23. The number of carbonyl (C=O) groups is 1. The van der Waals surface area contributed by atoms with Gasteiger partial charge in [0.05, 0.1) is 38.1 Å². The highest BCUT2D eigenvalue weighted by atomic mass is 16.5. The summed E-state index contributed by atoms with van der Waals surface area (Å²) in [7, 11) is 3.17. The van der Waals surface area contributed by atoms with Crippen LogP contribution in [-0.4, -0.2) is 61.9 Å². The second-order valence-electron chi connectivity index (χ2n) is 7.99. The zero-order valence-corrected chi connectivity index (χ0v) is 16.6. The van der Waals surface area contributed by atoms with E-state index in [1.165, 1.54) is 12.8 Å². The number of fused-ring (bicyclic) bond motifs is 1. The van der Waals surface area contributed by atoms with Crippen molar-refractivity contribution in [1.29, 1.82) is 0 Å². The molecule has 28 heavy (non-hydrogen) atoms. The fourth-order valence-electron chi connectivity index (χ4n) is 4.83. The lowest BCUT2D eigenvalue weighted by Gasteiger charge is -2.43. The number of benzene rings is 1. The maximum Gasteiger partial charge on any atom is 0.173 e. The van der Waals surface area contributed by atoms with Crippen LogP contribution in [0.4, 0.5) is 0 Å². The van der Waals surface area contributed by atoms with E-state index >= 15 is 0 Å². The minimum absolute atomic E-state index is 0.0241. The summed E-state index contributed by atoms with van der Waals surface area (Å²) >= 11 is 0. The minimum Gasteiger partial charge on any atom is -0.496 e. The first kappa shape index (κ1) is 19.3. The van der Waals surface area contributed by atoms with Crippen LogP contribution < -0.4 is 9.47 Å². The van der Waals surface area contributed by atoms with Crippen LogP contribution in [-0.2, 0) is 9.53 Å². The van der Waals surface area contributed by atoms with Crippen LogP contribution in [0.2, 0.25) is 0 Å². The van der Waals surface area contributed by atoms with E-state index in [0.717, 1.165) is 25.2 Å². The molecule has 0 bridgehead atoms. The van der Waals surface area contributed by atoms with Crippen LogP contribution in [0.25, 0.3) is 5.57 Å². The summed E-state index contributed by atoms with van der Waals surface area (Å²) in [6.45, 7) is 2.94. The Hall–Kier alpha value is -2.05. The highest BCUT2D eigenvalue weighted by molar-refractivity contribution is 6.22. The Morgan fingerprint density at radius 2 is 1.89 bits per heavy atom. The standard InChI is InChI=1S/C22H29NO5/c1-26-19-8-5-14(11-20(19)27-2)17-13-28-22-15(21(17)25)6-7-18(24)16(22)12-23-9-3-4-10-23/h5,8,11,13,15-16,18,22,24H,3-4,6-7,9-10,12H2,1-2H3. The van der Waals surface area contributed by atoms with Crippen LogP contribution in [0.15, 0.2) is 24.5 Å². The van der Waals surface area contributed by atoms with Gasteiger partial charge in [0.2, 0.25) is 0 Å². The molecule has 1 N–H and O–H groups in total. The van der Waals surface area contributed by atoms with Gasteiger partial charge in [-0.1, -0.05) is 6.07 Å². The lowest BCUT2D eigenvalue weighted by Crippen LogP contribution is -2.51. The largest absolute Gasteiger partial charge is 0.496 e. The quantitative estimate of drug-likeness (QED) is 0.837. The Balaban J connectivity index is 1.58. The Kier molecular flexibility index (Phi) is 5.60. The number of aliphatic hydroxyl groups excluding tert-OH is 1. The molecule has 4 rings (SSSR count). The number of methoxy groups -OCH3 is 2. The summed E-state index contributed by atoms with van der Waals surface area (Å²) in [5.41, 5.74) is 1.34. The molecule has 2 aliphatic heterocycles. The predicted molar refractivity (Wildman–Crippen MR) is 105 cm³/mol. The highest BCUT2D eigenvalue weighted by Gasteiger charge is 2.46. The molecule has 1 aromatic carbocycles. The average molecular weight is 387 g/mol. The summed E-state index contributed by atoms with van der Waals surface area (Å²) in [4.78, 5) is 15.7. The molecule has 0 radical (unpaired) electrons. The molecule has 4 atom stereocenters. The molecule has 3 aliphatic rings. The molecule has 0 aromatic heterocycles. The lowest BCUT2D eigenvalue weighted by atomic mass is 9.72. The topological polar surface area (TPSA) is 68.2 Å². The van der Waals surface area contributed by atoms with Crippen molar-refractivity contribution >= 4 is 11.4 Å². The van der Waals surface area contributed by atoms with Gasteiger partial charge < -0.3 is 24.2 Å². The number of allylic oxidation sites excluding steroid dienone is 1. The smallest absolute Gasteiger partial charge is 0.173 e. The van der Waals surface area contributed by atoms with E-state index in [-0.39, 0.29) is 23.7 Å². The number of rotatable bonds is 5. The summed E-state index contributed by atoms with van der Waals surface area (Å²) < 4.78 is 16.8. The normalized spacial score (nSPS) is 30.4. The second kappa shape index (κ2) is 8.13. The number of likely N-dealkylation sites (tertiary alicyclic amines) is 1. The van der Waals surface area contributed by atoms with Crippen molar-refractivity contribution < 1.29 is 24.1 Å². The Morgan fingerprint density at radius 3 is 2.61 bits per heavy atom. The number of carbonyl (C=O) groups excluding carboxylic acids is 1. The molecule has 1 saturated heterocycles. The van der Waals surface area contributed by atoms with Crippen molar-refractivity contribution in [2.75, 3.05) is 33.9 Å².